The third-order valence-electron chi connectivity index (χ3n) is 4.85. The van der Waals surface area contributed by atoms with Crippen LogP contribution in [0.15, 0.2) is 36.5 Å². The Hall–Kier alpha value is -2.74. The van der Waals surface area contributed by atoms with Crippen LogP contribution in [0, 0.1) is 11.8 Å². The van der Waals surface area contributed by atoms with Crippen molar-refractivity contribution in [3.8, 4) is 11.3 Å². The minimum absolute atomic E-state index is 0.0949. The molecule has 138 valence electrons. The summed E-state index contributed by atoms with van der Waals surface area (Å²) in [6.07, 6.45) is 1.18. The van der Waals surface area contributed by atoms with E-state index in [0.29, 0.717) is 5.69 Å². The molecule has 1 heterocycles. The monoisotopic (exact) mass is 359 g/mol. The first-order valence-electron chi connectivity index (χ1n) is 8.36. The number of nitrogens with zero attached hydrogens (tertiary/aromatic N) is 3. The molecule has 0 saturated heterocycles. The Morgan fingerprint density at radius 1 is 1.08 bits per heavy atom. The number of esters is 2. The molecular weight excluding hydrogens is 338 g/mol. The molecule has 1 saturated carbocycles. The van der Waals surface area contributed by atoms with Gasteiger partial charge in [0, 0.05) is 5.56 Å². The van der Waals surface area contributed by atoms with Gasteiger partial charge in [-0.15, -0.1) is 5.10 Å². The number of carbonyl (C=O) groups excluding carboxylic acids is 2. The number of aliphatic hydroxyl groups excluding tert-OH is 1. The Morgan fingerprint density at radius 3 is 2.31 bits per heavy atom. The summed E-state index contributed by atoms with van der Waals surface area (Å²) in [5.74, 6) is -2.47. The van der Waals surface area contributed by atoms with Gasteiger partial charge in [-0.2, -0.15) is 0 Å². The molecule has 1 N–H and O–H groups in total. The molecule has 0 radical (unpaired) electrons. The van der Waals surface area contributed by atoms with Crippen LogP contribution in [0.5, 0.6) is 0 Å². The Bertz CT molecular complexity index is 776. The van der Waals surface area contributed by atoms with Crippen LogP contribution in [-0.4, -0.2) is 52.4 Å². The number of carbonyl (C=O) groups is 2. The third-order valence-corrected chi connectivity index (χ3v) is 4.85. The highest BCUT2D eigenvalue weighted by molar-refractivity contribution is 5.82. The molecule has 1 fully saturated rings. The fourth-order valence-electron chi connectivity index (χ4n) is 3.45. The van der Waals surface area contributed by atoms with E-state index in [1.54, 1.807) is 10.9 Å². The van der Waals surface area contributed by atoms with E-state index in [9.17, 15) is 14.7 Å². The van der Waals surface area contributed by atoms with Gasteiger partial charge in [-0.05, 0) is 12.8 Å². The fraction of sp³-hybridized carbons (Fsp3) is 0.444. The lowest BCUT2D eigenvalue weighted by Gasteiger charge is -2.36. The van der Waals surface area contributed by atoms with Gasteiger partial charge in [0.2, 0.25) is 0 Å². The summed E-state index contributed by atoms with van der Waals surface area (Å²) in [7, 11) is 2.54. The van der Waals surface area contributed by atoms with Crippen molar-refractivity contribution in [2.75, 3.05) is 14.2 Å². The zero-order valence-electron chi connectivity index (χ0n) is 14.6. The van der Waals surface area contributed by atoms with E-state index in [1.165, 1.54) is 14.2 Å². The van der Waals surface area contributed by atoms with E-state index >= 15 is 0 Å². The molecule has 1 aromatic heterocycles. The topological polar surface area (TPSA) is 104 Å². The number of methoxy groups -OCH3 is 2. The van der Waals surface area contributed by atoms with E-state index in [1.807, 2.05) is 30.3 Å². The van der Waals surface area contributed by atoms with Crippen molar-refractivity contribution in [1.82, 2.24) is 15.0 Å². The van der Waals surface area contributed by atoms with Crippen molar-refractivity contribution in [3.63, 3.8) is 0 Å². The zero-order chi connectivity index (χ0) is 18.7. The van der Waals surface area contributed by atoms with E-state index in [2.05, 4.69) is 10.3 Å². The molecule has 26 heavy (non-hydrogen) atoms. The quantitative estimate of drug-likeness (QED) is 0.819. The smallest absolute Gasteiger partial charge is 0.309 e. The summed E-state index contributed by atoms with van der Waals surface area (Å²) < 4.78 is 11.2. The molecule has 1 aromatic carbocycles. The second-order valence-electron chi connectivity index (χ2n) is 6.32. The van der Waals surface area contributed by atoms with Crippen LogP contribution >= 0.6 is 0 Å². The minimum Gasteiger partial charge on any atom is -0.469 e. The van der Waals surface area contributed by atoms with Crippen molar-refractivity contribution < 1.29 is 24.2 Å². The number of benzene rings is 1. The largest absolute Gasteiger partial charge is 0.469 e. The lowest BCUT2D eigenvalue weighted by molar-refractivity contribution is -0.163. The van der Waals surface area contributed by atoms with Gasteiger partial charge < -0.3 is 14.6 Å². The van der Waals surface area contributed by atoms with E-state index in [4.69, 9.17) is 9.47 Å². The predicted octanol–water partition coefficient (Wildman–Crippen LogP) is 1.22. The molecule has 3 rings (SSSR count). The molecular formula is C18H21N3O5. The maximum absolute atomic E-state index is 12.2. The lowest BCUT2D eigenvalue weighted by Crippen LogP contribution is -2.44. The first-order valence-corrected chi connectivity index (χ1v) is 8.36. The molecule has 2 aromatic rings. The maximum Gasteiger partial charge on any atom is 0.309 e. The Morgan fingerprint density at radius 2 is 1.69 bits per heavy atom. The van der Waals surface area contributed by atoms with Gasteiger partial charge in [0.1, 0.15) is 5.69 Å². The van der Waals surface area contributed by atoms with E-state index < -0.39 is 35.9 Å². The lowest BCUT2D eigenvalue weighted by atomic mass is 9.75. The van der Waals surface area contributed by atoms with Gasteiger partial charge >= 0.3 is 11.9 Å². The zero-order valence-corrected chi connectivity index (χ0v) is 14.6. The van der Waals surface area contributed by atoms with Crippen molar-refractivity contribution in [2.45, 2.75) is 25.0 Å². The Kier molecular flexibility index (Phi) is 5.32. The van der Waals surface area contributed by atoms with Crippen molar-refractivity contribution in [2.24, 2.45) is 11.8 Å². The van der Waals surface area contributed by atoms with Gasteiger partial charge in [0.05, 0.1) is 44.4 Å². The summed E-state index contributed by atoms with van der Waals surface area (Å²) >= 11 is 0. The molecule has 1 aliphatic carbocycles. The predicted molar refractivity (Wildman–Crippen MR) is 90.7 cm³/mol. The number of aliphatic hydroxyl groups is 1. The Labute approximate surface area is 150 Å². The molecule has 0 unspecified atom stereocenters. The first kappa shape index (κ1) is 18.1. The fourth-order valence-corrected chi connectivity index (χ4v) is 3.45. The van der Waals surface area contributed by atoms with Gasteiger partial charge in [-0.25, -0.2) is 4.68 Å². The minimum atomic E-state index is -0.856. The number of rotatable bonds is 4. The second-order valence-corrected chi connectivity index (χ2v) is 6.32. The van der Waals surface area contributed by atoms with Crippen molar-refractivity contribution >= 4 is 11.9 Å². The van der Waals surface area contributed by atoms with Crippen molar-refractivity contribution in [1.29, 1.82) is 0 Å². The highest BCUT2D eigenvalue weighted by atomic mass is 16.5. The summed E-state index contributed by atoms with van der Waals surface area (Å²) in [5.41, 5.74) is 1.57. The highest BCUT2D eigenvalue weighted by Gasteiger charge is 2.45. The number of hydrogen-bond donors (Lipinski definition) is 1. The van der Waals surface area contributed by atoms with Crippen molar-refractivity contribution in [3.05, 3.63) is 36.5 Å². The third kappa shape index (κ3) is 3.45. The average molecular weight is 359 g/mol. The summed E-state index contributed by atoms with van der Waals surface area (Å²) in [5, 5.41) is 18.8. The molecule has 8 heteroatoms. The summed E-state index contributed by atoms with van der Waals surface area (Å²) in [4.78, 5) is 24.2. The standard InChI is InChI=1S/C18H21N3O5/c1-25-17(23)12-8-15(16(22)9-13(12)18(24)26-2)21-10-14(19-20-21)11-6-4-3-5-7-11/h3-7,10,12-13,15-16,22H,8-9H2,1-2H3/t12-,13+,15+,16+/m0/s1. The number of ether oxygens (including phenoxy) is 2. The van der Waals surface area contributed by atoms with Crippen LogP contribution in [0.1, 0.15) is 18.9 Å². The molecule has 8 nitrogen and oxygen atoms in total. The van der Waals surface area contributed by atoms with Crippen LogP contribution in [0.4, 0.5) is 0 Å². The number of hydrogen-bond acceptors (Lipinski definition) is 7. The average Bonchev–Trinajstić information content (AvgIpc) is 3.17. The molecule has 4 atom stereocenters. The van der Waals surface area contributed by atoms with Gasteiger partial charge in [-0.3, -0.25) is 9.59 Å². The van der Waals surface area contributed by atoms with Crippen LogP contribution < -0.4 is 0 Å². The van der Waals surface area contributed by atoms with E-state index in [0.717, 1.165) is 5.56 Å². The molecule has 0 amide bonds. The summed E-state index contributed by atoms with van der Waals surface area (Å²) in [6, 6.07) is 9.06. The van der Waals surface area contributed by atoms with Gasteiger partial charge in [0.25, 0.3) is 0 Å². The highest BCUT2D eigenvalue weighted by Crippen LogP contribution is 2.38. The summed E-state index contributed by atoms with van der Waals surface area (Å²) in [6.45, 7) is 0. The van der Waals surface area contributed by atoms with Gasteiger partial charge in [-0.1, -0.05) is 35.5 Å². The molecule has 0 spiro atoms. The maximum atomic E-state index is 12.2. The molecule has 1 aliphatic rings. The second kappa shape index (κ2) is 7.65. The van der Waals surface area contributed by atoms with Gasteiger partial charge in [0.15, 0.2) is 0 Å². The van der Waals surface area contributed by atoms with Crippen LogP contribution in [0.25, 0.3) is 11.3 Å². The molecule has 0 aliphatic heterocycles. The normalized spacial score (nSPS) is 25.5. The SMILES string of the molecule is COC(=O)[C@H]1C[C@@H](n2cc(-c3ccccc3)nn2)[C@H](O)C[C@H]1C(=O)OC. The van der Waals surface area contributed by atoms with E-state index in [-0.39, 0.29) is 12.8 Å². The molecule has 0 bridgehead atoms. The Balaban J connectivity index is 1.85. The van der Waals surface area contributed by atoms with Crippen LogP contribution in [0.3, 0.4) is 0 Å². The van der Waals surface area contributed by atoms with Crippen LogP contribution in [0.2, 0.25) is 0 Å². The van der Waals surface area contributed by atoms with Crippen LogP contribution in [-0.2, 0) is 19.1 Å². The first-order chi connectivity index (χ1) is 12.5. The number of aromatic nitrogens is 3.